The molecule has 40 valence electrons. The molecule has 0 saturated carbocycles. The van der Waals surface area contributed by atoms with E-state index in [0.717, 1.165) is 0 Å². The average Bonchev–Trinajstić information content (AvgIpc) is 0.722. The van der Waals surface area contributed by atoms with Gasteiger partial charge in [-0.05, 0) is 0 Å². The van der Waals surface area contributed by atoms with E-state index in [4.69, 9.17) is 17.5 Å². The molecule has 0 fully saturated rings. The van der Waals surface area contributed by atoms with Gasteiger partial charge in [-0.1, -0.05) is 0 Å². The van der Waals surface area contributed by atoms with Crippen LogP contribution in [0.2, 0.25) is 0 Å². The SMILES string of the molecule is O=S(=O)(O)O.[Hf].[Zr]. The second-order valence-corrected chi connectivity index (χ2v) is 1.34. The molecule has 7 heteroatoms. The molecule has 0 aliphatic carbocycles. The molecule has 0 aliphatic rings. The van der Waals surface area contributed by atoms with E-state index in [1.807, 2.05) is 0 Å². The fourth-order valence-corrected chi connectivity index (χ4v) is 0. The van der Waals surface area contributed by atoms with Crippen LogP contribution < -0.4 is 0 Å². The Labute approximate surface area is 79.2 Å². The first kappa shape index (κ1) is 15.8. The van der Waals surface area contributed by atoms with E-state index >= 15 is 0 Å². The van der Waals surface area contributed by atoms with E-state index in [1.54, 1.807) is 0 Å². The molecule has 0 aliphatic heterocycles. The van der Waals surface area contributed by atoms with Gasteiger partial charge in [0.15, 0.2) is 0 Å². The Kier molecular flexibility index (Phi) is 13.0. The standard InChI is InChI=1S/Hf.H2O4S.Zr/c;1-5(2,3)4;/h;(H2,1,2,3,4);. The normalized spacial score (nSPS) is 8.29. The van der Waals surface area contributed by atoms with Gasteiger partial charge < -0.3 is 0 Å². The Hall–Kier alpha value is 1.62. The predicted molar refractivity (Wildman–Crippen MR) is 14.2 cm³/mol. The van der Waals surface area contributed by atoms with Crippen molar-refractivity contribution < 1.29 is 69.6 Å². The second-order valence-electron chi connectivity index (χ2n) is 0.448. The van der Waals surface area contributed by atoms with E-state index in [0.29, 0.717) is 0 Å². The van der Waals surface area contributed by atoms with Gasteiger partial charge in [0.2, 0.25) is 0 Å². The third-order valence-electron chi connectivity index (χ3n) is 0. The van der Waals surface area contributed by atoms with Crippen LogP contribution in [0, 0.1) is 0 Å². The summed E-state index contributed by atoms with van der Waals surface area (Å²) in [5, 5.41) is 0. The molecule has 0 saturated heterocycles. The summed E-state index contributed by atoms with van der Waals surface area (Å²) >= 11 is 0. The minimum absolute atomic E-state index is 0. The van der Waals surface area contributed by atoms with Crippen molar-refractivity contribution in [2.45, 2.75) is 0 Å². The summed E-state index contributed by atoms with van der Waals surface area (Å²) in [5.74, 6) is 0. The van der Waals surface area contributed by atoms with Crippen LogP contribution in [0.4, 0.5) is 0 Å². The largest absolute Gasteiger partial charge is 0.394 e. The van der Waals surface area contributed by atoms with Crippen LogP contribution in [-0.2, 0) is 62.4 Å². The Morgan fingerprint density at radius 3 is 1.14 bits per heavy atom. The van der Waals surface area contributed by atoms with Gasteiger partial charge in [0.25, 0.3) is 0 Å². The molecule has 0 aromatic carbocycles. The number of rotatable bonds is 0. The van der Waals surface area contributed by atoms with Crippen LogP contribution in [0.1, 0.15) is 0 Å². The minimum Gasteiger partial charge on any atom is -0.264 e. The van der Waals surface area contributed by atoms with E-state index < -0.39 is 10.4 Å². The Bertz CT molecular complexity index is 94.9. The van der Waals surface area contributed by atoms with Gasteiger partial charge in [0, 0.05) is 52.0 Å². The van der Waals surface area contributed by atoms with Crippen LogP contribution in [-0.4, -0.2) is 17.5 Å². The maximum absolute atomic E-state index is 8.74. The first-order chi connectivity index (χ1) is 2.00. The quantitative estimate of drug-likeness (QED) is 0.440. The summed E-state index contributed by atoms with van der Waals surface area (Å²) in [5.41, 5.74) is 0. The molecule has 0 unspecified atom stereocenters. The third kappa shape index (κ3) is 91.5. The fourth-order valence-electron chi connectivity index (χ4n) is 0. The Morgan fingerprint density at radius 1 is 1.14 bits per heavy atom. The van der Waals surface area contributed by atoms with Gasteiger partial charge in [-0.2, -0.15) is 8.42 Å². The smallest absolute Gasteiger partial charge is 0.264 e. The molecule has 2 N–H and O–H groups in total. The van der Waals surface area contributed by atoms with E-state index in [1.165, 1.54) is 0 Å². The van der Waals surface area contributed by atoms with E-state index in [9.17, 15) is 0 Å². The molecule has 0 spiro atoms. The van der Waals surface area contributed by atoms with Gasteiger partial charge >= 0.3 is 10.4 Å². The number of hydrogen-bond donors (Lipinski definition) is 2. The van der Waals surface area contributed by atoms with Crippen molar-refractivity contribution in [1.29, 1.82) is 0 Å². The van der Waals surface area contributed by atoms with Crippen LogP contribution in [0.25, 0.3) is 0 Å². The Balaban J connectivity index is -0.0000000800. The third-order valence-corrected chi connectivity index (χ3v) is 0. The fraction of sp³-hybridized carbons (Fsp3) is 0. The molecule has 0 radical (unpaired) electrons. The van der Waals surface area contributed by atoms with E-state index in [-0.39, 0.29) is 52.0 Å². The molecule has 0 bridgehead atoms. The second kappa shape index (κ2) is 5.75. The van der Waals surface area contributed by atoms with Crippen LogP contribution >= 0.6 is 0 Å². The molecule has 0 aromatic heterocycles. The summed E-state index contributed by atoms with van der Waals surface area (Å²) in [6.45, 7) is 0. The monoisotopic (exact) mass is 368 g/mol. The van der Waals surface area contributed by atoms with Crippen molar-refractivity contribution in [3.63, 3.8) is 0 Å². The maximum atomic E-state index is 8.74. The zero-order valence-corrected chi connectivity index (χ0v) is 9.99. The van der Waals surface area contributed by atoms with Gasteiger partial charge in [0.05, 0.1) is 0 Å². The van der Waals surface area contributed by atoms with Crippen molar-refractivity contribution in [1.82, 2.24) is 0 Å². The maximum Gasteiger partial charge on any atom is 0.394 e. The summed E-state index contributed by atoms with van der Waals surface area (Å²) in [6.07, 6.45) is 0. The summed E-state index contributed by atoms with van der Waals surface area (Å²) < 4.78 is 31.6. The molecule has 0 amide bonds. The topological polar surface area (TPSA) is 74.6 Å². The van der Waals surface area contributed by atoms with Crippen molar-refractivity contribution in [2.24, 2.45) is 0 Å². The van der Waals surface area contributed by atoms with E-state index in [2.05, 4.69) is 0 Å². The molecule has 0 heterocycles. The summed E-state index contributed by atoms with van der Waals surface area (Å²) in [6, 6.07) is 0. The average molecular weight is 368 g/mol. The van der Waals surface area contributed by atoms with Gasteiger partial charge in [0.1, 0.15) is 0 Å². The molecule has 0 aromatic rings. The van der Waals surface area contributed by atoms with Crippen molar-refractivity contribution >= 4 is 10.4 Å². The first-order valence-corrected chi connectivity index (χ1v) is 2.10. The van der Waals surface area contributed by atoms with Crippen molar-refractivity contribution in [3.8, 4) is 0 Å². The molecular weight excluding hydrogens is 366 g/mol. The van der Waals surface area contributed by atoms with Gasteiger partial charge in [-0.15, -0.1) is 0 Å². The summed E-state index contributed by atoms with van der Waals surface area (Å²) in [7, 11) is -4.67. The van der Waals surface area contributed by atoms with Crippen molar-refractivity contribution in [3.05, 3.63) is 0 Å². The number of hydrogen-bond acceptors (Lipinski definition) is 2. The summed E-state index contributed by atoms with van der Waals surface area (Å²) in [4.78, 5) is 0. The first-order valence-electron chi connectivity index (χ1n) is 0.698. The zero-order valence-electron chi connectivity index (χ0n) is 3.12. The predicted octanol–water partition coefficient (Wildman–Crippen LogP) is -0.658. The molecule has 0 rings (SSSR count). The Morgan fingerprint density at radius 2 is 1.14 bits per heavy atom. The molecular formula is H2HfO4SZr. The molecule has 4 nitrogen and oxygen atoms in total. The molecule has 7 heavy (non-hydrogen) atoms. The van der Waals surface area contributed by atoms with Gasteiger partial charge in [-0.25, -0.2) is 0 Å². The van der Waals surface area contributed by atoms with Crippen molar-refractivity contribution in [2.75, 3.05) is 0 Å². The van der Waals surface area contributed by atoms with Crippen LogP contribution in [0.15, 0.2) is 0 Å². The zero-order chi connectivity index (χ0) is 4.50. The molecule has 0 atom stereocenters. The van der Waals surface area contributed by atoms with Crippen LogP contribution in [0.3, 0.4) is 0 Å². The minimum atomic E-state index is -4.67. The van der Waals surface area contributed by atoms with Crippen LogP contribution in [0.5, 0.6) is 0 Å². The van der Waals surface area contributed by atoms with Gasteiger partial charge in [-0.3, -0.25) is 9.11 Å².